The molecule has 1 fully saturated rings. The number of benzene rings is 1. The maximum Gasteiger partial charge on any atom is 0.332 e. The molecule has 0 unspecified atom stereocenters. The first-order valence-electron chi connectivity index (χ1n) is 7.23. The lowest BCUT2D eigenvalue weighted by Crippen LogP contribution is -2.33. The van der Waals surface area contributed by atoms with Crippen LogP contribution in [0.1, 0.15) is 25.6 Å². The second-order valence-corrected chi connectivity index (χ2v) is 5.19. The zero-order chi connectivity index (χ0) is 16.6. The molecular formula is C15H15FN4O3. The van der Waals surface area contributed by atoms with E-state index in [4.69, 9.17) is 4.52 Å². The topological polar surface area (TPSA) is 79.5 Å². The van der Waals surface area contributed by atoms with Gasteiger partial charge < -0.3 is 4.52 Å². The molecule has 0 bridgehead atoms. The number of aryl methyl sites for hydroxylation is 1. The zero-order valence-corrected chi connectivity index (χ0v) is 12.7. The van der Waals surface area contributed by atoms with Crippen LogP contribution in [-0.2, 0) is 17.8 Å². The molecular weight excluding hydrogens is 303 g/mol. The van der Waals surface area contributed by atoms with Crippen molar-refractivity contribution in [2.24, 2.45) is 0 Å². The number of hydrogen-bond acceptors (Lipinski definition) is 5. The monoisotopic (exact) mass is 318 g/mol. The lowest BCUT2D eigenvalue weighted by atomic mass is 10.2. The molecule has 2 heterocycles. The van der Waals surface area contributed by atoms with Gasteiger partial charge in [0.1, 0.15) is 18.4 Å². The van der Waals surface area contributed by atoms with E-state index in [0.29, 0.717) is 17.9 Å². The Hall–Kier alpha value is -2.77. The van der Waals surface area contributed by atoms with Crippen molar-refractivity contribution < 1.29 is 18.5 Å². The molecule has 0 spiro atoms. The van der Waals surface area contributed by atoms with Crippen LogP contribution < -0.4 is 4.90 Å². The number of carbonyl (C=O) groups excluding carboxylic acids is 2. The van der Waals surface area contributed by atoms with Crippen LogP contribution in [0.4, 0.5) is 14.9 Å². The Morgan fingerprint density at radius 1 is 1.26 bits per heavy atom. The van der Waals surface area contributed by atoms with Crippen LogP contribution in [0.5, 0.6) is 0 Å². The van der Waals surface area contributed by atoms with Crippen molar-refractivity contribution in [1.82, 2.24) is 15.0 Å². The third-order valence-electron chi connectivity index (χ3n) is 3.67. The van der Waals surface area contributed by atoms with Gasteiger partial charge in [0, 0.05) is 12.1 Å². The molecule has 0 N–H and O–H groups in total. The van der Waals surface area contributed by atoms with Crippen molar-refractivity contribution >= 4 is 17.6 Å². The summed E-state index contributed by atoms with van der Waals surface area (Å²) in [6.07, 6.45) is 0.601. The number of anilines is 1. The third-order valence-corrected chi connectivity index (χ3v) is 3.67. The largest absolute Gasteiger partial charge is 0.337 e. The van der Waals surface area contributed by atoms with E-state index in [-0.39, 0.29) is 18.3 Å². The lowest BCUT2D eigenvalue weighted by Gasteiger charge is -2.18. The van der Waals surface area contributed by atoms with Crippen LogP contribution in [0.3, 0.4) is 0 Å². The van der Waals surface area contributed by atoms with Gasteiger partial charge in [-0.25, -0.2) is 9.18 Å². The number of urea groups is 1. The van der Waals surface area contributed by atoms with Crippen LogP contribution in [0, 0.1) is 5.82 Å². The van der Waals surface area contributed by atoms with Gasteiger partial charge in [0.15, 0.2) is 5.82 Å². The minimum absolute atomic E-state index is 0.0767. The highest BCUT2D eigenvalue weighted by atomic mass is 19.1. The molecule has 1 atom stereocenters. The first kappa shape index (κ1) is 15.1. The Morgan fingerprint density at radius 2 is 1.96 bits per heavy atom. The molecule has 7 nitrogen and oxygen atoms in total. The standard InChI is InChI=1S/C15H15FN4O3/c1-3-12-17-13(23-18-12)8-19-14(21)9(2)20(15(19)22)11-6-4-10(16)5-7-11/h4-7,9H,3,8H2,1-2H3/t9-/m1/s1. The molecule has 0 radical (unpaired) electrons. The van der Waals surface area contributed by atoms with Gasteiger partial charge in [-0.2, -0.15) is 4.98 Å². The average molecular weight is 318 g/mol. The first-order chi connectivity index (χ1) is 11.0. The smallest absolute Gasteiger partial charge is 0.332 e. The van der Waals surface area contributed by atoms with Crippen molar-refractivity contribution in [3.63, 3.8) is 0 Å². The number of halogens is 1. The third kappa shape index (κ3) is 2.67. The second-order valence-electron chi connectivity index (χ2n) is 5.19. The summed E-state index contributed by atoms with van der Waals surface area (Å²) in [6.45, 7) is 3.42. The van der Waals surface area contributed by atoms with Gasteiger partial charge in [0.05, 0.1) is 0 Å². The summed E-state index contributed by atoms with van der Waals surface area (Å²) in [5, 5.41) is 3.74. The summed E-state index contributed by atoms with van der Waals surface area (Å²) in [4.78, 5) is 31.4. The van der Waals surface area contributed by atoms with E-state index in [2.05, 4.69) is 10.1 Å². The number of nitrogens with zero attached hydrogens (tertiary/aromatic N) is 4. The molecule has 1 aromatic carbocycles. The van der Waals surface area contributed by atoms with Crippen molar-refractivity contribution in [2.75, 3.05) is 4.90 Å². The summed E-state index contributed by atoms with van der Waals surface area (Å²) in [7, 11) is 0. The predicted octanol–water partition coefficient (Wildman–Crippen LogP) is 2.13. The Balaban J connectivity index is 1.84. The van der Waals surface area contributed by atoms with Gasteiger partial charge in [0.25, 0.3) is 5.91 Å². The van der Waals surface area contributed by atoms with Crippen LogP contribution in [0.2, 0.25) is 0 Å². The van der Waals surface area contributed by atoms with E-state index in [9.17, 15) is 14.0 Å². The van der Waals surface area contributed by atoms with Gasteiger partial charge in [-0.3, -0.25) is 14.6 Å². The number of amides is 3. The van der Waals surface area contributed by atoms with E-state index >= 15 is 0 Å². The minimum atomic E-state index is -0.679. The highest BCUT2D eigenvalue weighted by Gasteiger charge is 2.43. The fraction of sp³-hybridized carbons (Fsp3) is 0.333. The van der Waals surface area contributed by atoms with Gasteiger partial charge in [0.2, 0.25) is 5.89 Å². The van der Waals surface area contributed by atoms with Crippen molar-refractivity contribution in [1.29, 1.82) is 0 Å². The quantitative estimate of drug-likeness (QED) is 0.807. The number of carbonyl (C=O) groups is 2. The van der Waals surface area contributed by atoms with E-state index in [1.807, 2.05) is 6.92 Å². The molecule has 3 rings (SSSR count). The van der Waals surface area contributed by atoms with Crippen molar-refractivity contribution in [3.05, 3.63) is 41.8 Å². The highest BCUT2D eigenvalue weighted by molar-refractivity contribution is 6.13. The summed E-state index contributed by atoms with van der Waals surface area (Å²) in [5.74, 6) is -0.0519. The SMILES string of the molecule is CCc1noc(CN2C(=O)[C@@H](C)N(c3ccc(F)cc3)C2=O)n1. The maximum atomic E-state index is 13.0. The van der Waals surface area contributed by atoms with E-state index in [1.54, 1.807) is 6.92 Å². The van der Waals surface area contributed by atoms with E-state index in [1.165, 1.54) is 29.2 Å². The number of aromatic nitrogens is 2. The number of hydrogen-bond donors (Lipinski definition) is 0. The molecule has 1 aliphatic rings. The fourth-order valence-corrected chi connectivity index (χ4v) is 2.44. The van der Waals surface area contributed by atoms with Crippen molar-refractivity contribution in [2.45, 2.75) is 32.9 Å². The Kier molecular flexibility index (Phi) is 3.81. The highest BCUT2D eigenvalue weighted by Crippen LogP contribution is 2.26. The molecule has 0 saturated carbocycles. The first-order valence-corrected chi connectivity index (χ1v) is 7.23. The average Bonchev–Trinajstić information content (AvgIpc) is 3.08. The summed E-state index contributed by atoms with van der Waals surface area (Å²) in [6, 6.07) is 4.24. The van der Waals surface area contributed by atoms with Crippen molar-refractivity contribution in [3.8, 4) is 0 Å². The number of imide groups is 1. The van der Waals surface area contributed by atoms with E-state index in [0.717, 1.165) is 4.90 Å². The molecule has 3 amide bonds. The molecule has 1 aromatic heterocycles. The summed E-state index contributed by atoms with van der Waals surface area (Å²) in [5.41, 5.74) is 0.458. The fourth-order valence-electron chi connectivity index (χ4n) is 2.44. The molecule has 8 heteroatoms. The lowest BCUT2D eigenvalue weighted by molar-refractivity contribution is -0.127. The van der Waals surface area contributed by atoms with Gasteiger partial charge in [-0.15, -0.1) is 0 Å². The van der Waals surface area contributed by atoms with Gasteiger partial charge in [-0.1, -0.05) is 12.1 Å². The van der Waals surface area contributed by atoms with Gasteiger partial charge in [-0.05, 0) is 31.2 Å². The molecule has 1 saturated heterocycles. The van der Waals surface area contributed by atoms with Crippen LogP contribution in [-0.4, -0.2) is 33.0 Å². The predicted molar refractivity (Wildman–Crippen MR) is 78.0 cm³/mol. The molecule has 1 aliphatic heterocycles. The molecule has 2 aromatic rings. The van der Waals surface area contributed by atoms with Crippen LogP contribution >= 0.6 is 0 Å². The normalized spacial score (nSPS) is 18.1. The van der Waals surface area contributed by atoms with Crippen LogP contribution in [0.15, 0.2) is 28.8 Å². The number of rotatable bonds is 4. The molecule has 0 aliphatic carbocycles. The zero-order valence-electron chi connectivity index (χ0n) is 12.7. The Morgan fingerprint density at radius 3 is 2.57 bits per heavy atom. The summed E-state index contributed by atoms with van der Waals surface area (Å²) >= 11 is 0. The maximum absolute atomic E-state index is 13.0. The van der Waals surface area contributed by atoms with Crippen LogP contribution in [0.25, 0.3) is 0 Å². The molecule has 23 heavy (non-hydrogen) atoms. The minimum Gasteiger partial charge on any atom is -0.337 e. The van der Waals surface area contributed by atoms with Gasteiger partial charge >= 0.3 is 6.03 Å². The Bertz CT molecular complexity index is 743. The second kappa shape index (κ2) is 5.79. The summed E-state index contributed by atoms with van der Waals surface area (Å²) < 4.78 is 18.1. The Labute approximate surface area is 131 Å². The molecule has 120 valence electrons. The van der Waals surface area contributed by atoms with E-state index < -0.39 is 17.9 Å².